The molecule has 2 aromatic carbocycles. The first kappa shape index (κ1) is 20.0. The van der Waals surface area contributed by atoms with Crippen LogP contribution in [0.25, 0.3) is 0 Å². The normalized spacial score (nSPS) is 13.9. The van der Waals surface area contributed by atoms with Crippen LogP contribution in [-0.2, 0) is 0 Å². The van der Waals surface area contributed by atoms with Gasteiger partial charge >= 0.3 is 6.03 Å². The first-order chi connectivity index (χ1) is 13.5. The fourth-order valence-electron chi connectivity index (χ4n) is 3.10. The third-order valence-corrected chi connectivity index (χ3v) is 4.98. The minimum absolute atomic E-state index is 0.102. The predicted molar refractivity (Wildman–Crippen MR) is 112 cm³/mol. The van der Waals surface area contributed by atoms with E-state index in [1.54, 1.807) is 17.0 Å². The van der Waals surface area contributed by atoms with E-state index in [-0.39, 0.29) is 11.9 Å². The molecule has 2 N–H and O–H groups in total. The summed E-state index contributed by atoms with van der Waals surface area (Å²) >= 11 is 6.05. The summed E-state index contributed by atoms with van der Waals surface area (Å²) < 4.78 is 0. The Kier molecular flexibility index (Phi) is 6.76. The van der Waals surface area contributed by atoms with Gasteiger partial charge in [-0.15, -0.1) is 0 Å². The summed E-state index contributed by atoms with van der Waals surface area (Å²) in [7, 11) is 0. The van der Waals surface area contributed by atoms with Gasteiger partial charge in [0.1, 0.15) is 0 Å². The van der Waals surface area contributed by atoms with E-state index in [1.165, 1.54) is 0 Å². The Hall–Kier alpha value is -2.73. The van der Waals surface area contributed by atoms with Crippen LogP contribution in [0.15, 0.2) is 48.5 Å². The number of amides is 3. The molecule has 0 unspecified atom stereocenters. The molecular formula is C21H25ClN4O2. The summed E-state index contributed by atoms with van der Waals surface area (Å²) in [5, 5.41) is 6.40. The largest absolute Gasteiger partial charge is 0.368 e. The van der Waals surface area contributed by atoms with Crippen LogP contribution >= 0.6 is 11.6 Å². The highest BCUT2D eigenvalue weighted by molar-refractivity contribution is 6.30. The van der Waals surface area contributed by atoms with Crippen molar-refractivity contribution in [2.45, 2.75) is 6.92 Å². The van der Waals surface area contributed by atoms with Crippen molar-refractivity contribution in [3.63, 3.8) is 0 Å². The molecule has 2 aromatic rings. The summed E-state index contributed by atoms with van der Waals surface area (Å²) in [4.78, 5) is 28.4. The van der Waals surface area contributed by atoms with Gasteiger partial charge in [-0.25, -0.2) is 4.79 Å². The molecule has 0 saturated carbocycles. The van der Waals surface area contributed by atoms with Gasteiger partial charge in [-0.05, 0) is 37.3 Å². The molecule has 1 aliphatic heterocycles. The van der Waals surface area contributed by atoms with E-state index in [9.17, 15) is 9.59 Å². The Bertz CT molecular complexity index is 817. The first-order valence-electron chi connectivity index (χ1n) is 9.41. The molecule has 0 aromatic heterocycles. The van der Waals surface area contributed by atoms with Gasteiger partial charge in [-0.2, -0.15) is 0 Å². The van der Waals surface area contributed by atoms with Crippen LogP contribution in [0.4, 0.5) is 10.5 Å². The van der Waals surface area contributed by atoms with Crippen LogP contribution < -0.4 is 15.5 Å². The molecule has 7 heteroatoms. The first-order valence-corrected chi connectivity index (χ1v) is 9.79. The molecule has 1 heterocycles. The molecule has 3 amide bonds. The van der Waals surface area contributed by atoms with Gasteiger partial charge in [0.2, 0.25) is 0 Å². The second-order valence-corrected chi connectivity index (χ2v) is 7.24. The standard InChI is InChI=1S/C21H25ClN4O2/c1-16-5-7-17(8-6-16)20(27)23-9-10-24-21(28)26-13-11-25(12-14-26)19-4-2-3-18(22)15-19/h2-8,15H,9-14H2,1H3,(H,23,27)(H,24,28). The smallest absolute Gasteiger partial charge is 0.317 e. The number of rotatable bonds is 5. The Morgan fingerprint density at radius 3 is 2.32 bits per heavy atom. The van der Waals surface area contributed by atoms with Crippen LogP contribution in [0.3, 0.4) is 0 Å². The van der Waals surface area contributed by atoms with Gasteiger partial charge < -0.3 is 20.4 Å². The van der Waals surface area contributed by atoms with Gasteiger partial charge in [-0.3, -0.25) is 4.79 Å². The summed E-state index contributed by atoms with van der Waals surface area (Å²) in [6.07, 6.45) is 0. The molecule has 0 aliphatic carbocycles. The maximum absolute atomic E-state index is 12.3. The van der Waals surface area contributed by atoms with Crippen molar-refractivity contribution in [1.29, 1.82) is 0 Å². The molecule has 1 aliphatic rings. The van der Waals surface area contributed by atoms with Gasteiger partial charge in [0, 0.05) is 55.5 Å². The van der Waals surface area contributed by atoms with Crippen molar-refractivity contribution in [2.75, 3.05) is 44.2 Å². The Morgan fingerprint density at radius 1 is 0.964 bits per heavy atom. The highest BCUT2D eigenvalue weighted by Crippen LogP contribution is 2.20. The minimum atomic E-state index is -0.135. The van der Waals surface area contributed by atoms with E-state index < -0.39 is 0 Å². The zero-order valence-electron chi connectivity index (χ0n) is 16.0. The second kappa shape index (κ2) is 9.46. The van der Waals surface area contributed by atoms with E-state index in [4.69, 9.17) is 11.6 Å². The number of nitrogens with one attached hydrogen (secondary N) is 2. The van der Waals surface area contributed by atoms with Gasteiger partial charge in [0.05, 0.1) is 0 Å². The Labute approximate surface area is 170 Å². The van der Waals surface area contributed by atoms with E-state index in [1.807, 2.05) is 43.3 Å². The van der Waals surface area contributed by atoms with Crippen LogP contribution in [0.5, 0.6) is 0 Å². The average molecular weight is 401 g/mol. The number of aryl methyl sites for hydroxylation is 1. The fourth-order valence-corrected chi connectivity index (χ4v) is 3.29. The lowest BCUT2D eigenvalue weighted by Gasteiger charge is -2.36. The number of carbonyl (C=O) groups excluding carboxylic acids is 2. The molecule has 148 valence electrons. The number of hydrogen-bond acceptors (Lipinski definition) is 3. The zero-order chi connectivity index (χ0) is 19.9. The lowest BCUT2D eigenvalue weighted by molar-refractivity contribution is 0.0953. The van der Waals surface area contributed by atoms with Crippen LogP contribution in [0.1, 0.15) is 15.9 Å². The second-order valence-electron chi connectivity index (χ2n) is 6.81. The number of benzene rings is 2. The van der Waals surface area contributed by atoms with E-state index in [0.717, 1.165) is 24.3 Å². The van der Waals surface area contributed by atoms with Crippen molar-refractivity contribution in [3.05, 3.63) is 64.7 Å². The maximum atomic E-state index is 12.3. The van der Waals surface area contributed by atoms with E-state index >= 15 is 0 Å². The van der Waals surface area contributed by atoms with Crippen LogP contribution in [0.2, 0.25) is 5.02 Å². The zero-order valence-corrected chi connectivity index (χ0v) is 16.7. The highest BCUT2D eigenvalue weighted by Gasteiger charge is 2.21. The molecule has 28 heavy (non-hydrogen) atoms. The van der Waals surface area contributed by atoms with Crippen LogP contribution in [-0.4, -0.2) is 56.1 Å². The molecule has 3 rings (SSSR count). The van der Waals surface area contributed by atoms with Crippen molar-refractivity contribution in [2.24, 2.45) is 0 Å². The SMILES string of the molecule is Cc1ccc(C(=O)NCCNC(=O)N2CCN(c3cccc(Cl)c3)CC2)cc1. The Balaban J connectivity index is 1.36. The number of piperazine rings is 1. The van der Waals surface area contributed by atoms with Crippen molar-refractivity contribution >= 4 is 29.2 Å². The number of halogens is 1. The minimum Gasteiger partial charge on any atom is -0.368 e. The third kappa shape index (κ3) is 5.39. The third-order valence-electron chi connectivity index (χ3n) is 4.74. The quantitative estimate of drug-likeness (QED) is 0.758. The van der Waals surface area contributed by atoms with Gasteiger partial charge in [0.25, 0.3) is 5.91 Å². The molecule has 0 bridgehead atoms. The van der Waals surface area contributed by atoms with E-state index in [0.29, 0.717) is 36.8 Å². The molecular weight excluding hydrogens is 376 g/mol. The summed E-state index contributed by atoms with van der Waals surface area (Å²) in [6.45, 7) is 5.58. The summed E-state index contributed by atoms with van der Waals surface area (Å²) in [5.74, 6) is -0.135. The van der Waals surface area contributed by atoms with Crippen LogP contribution in [0, 0.1) is 6.92 Å². The molecule has 0 spiro atoms. The average Bonchev–Trinajstić information content (AvgIpc) is 2.71. The number of hydrogen-bond donors (Lipinski definition) is 2. The fraction of sp³-hybridized carbons (Fsp3) is 0.333. The van der Waals surface area contributed by atoms with Gasteiger partial charge in [0.15, 0.2) is 0 Å². The number of anilines is 1. The lowest BCUT2D eigenvalue weighted by Crippen LogP contribution is -2.52. The topological polar surface area (TPSA) is 64.7 Å². The molecule has 6 nitrogen and oxygen atoms in total. The van der Waals surface area contributed by atoms with Crippen molar-refractivity contribution in [1.82, 2.24) is 15.5 Å². The maximum Gasteiger partial charge on any atom is 0.317 e. The number of urea groups is 1. The number of nitrogens with zero attached hydrogens (tertiary/aromatic N) is 2. The predicted octanol–water partition coefficient (Wildman–Crippen LogP) is 2.91. The summed E-state index contributed by atoms with van der Waals surface area (Å²) in [5.41, 5.74) is 2.81. The van der Waals surface area contributed by atoms with Crippen molar-refractivity contribution < 1.29 is 9.59 Å². The molecule has 0 atom stereocenters. The molecule has 1 fully saturated rings. The summed E-state index contributed by atoms with van der Waals surface area (Å²) in [6, 6.07) is 15.0. The van der Waals surface area contributed by atoms with E-state index in [2.05, 4.69) is 15.5 Å². The number of carbonyl (C=O) groups is 2. The molecule has 1 saturated heterocycles. The van der Waals surface area contributed by atoms with Gasteiger partial charge in [-0.1, -0.05) is 35.4 Å². The monoisotopic (exact) mass is 400 g/mol. The van der Waals surface area contributed by atoms with Crippen molar-refractivity contribution in [3.8, 4) is 0 Å². The molecule has 0 radical (unpaired) electrons. The highest BCUT2D eigenvalue weighted by atomic mass is 35.5. The Morgan fingerprint density at radius 2 is 1.64 bits per heavy atom. The lowest BCUT2D eigenvalue weighted by atomic mass is 10.1.